The van der Waals surface area contributed by atoms with Crippen LogP contribution in [0.5, 0.6) is 11.5 Å². The molecule has 0 radical (unpaired) electrons. The molecule has 2 aromatic rings. The first-order valence-corrected chi connectivity index (χ1v) is 6.55. The summed E-state index contributed by atoms with van der Waals surface area (Å²) in [5.41, 5.74) is 2.35. The molecular formula is C15H13BrO3. The molecule has 2 rings (SSSR count). The van der Waals surface area contributed by atoms with Gasteiger partial charge >= 0.3 is 0 Å². The highest BCUT2D eigenvalue weighted by molar-refractivity contribution is 9.10. The second kappa shape index (κ2) is 5.89. The maximum Gasteiger partial charge on any atom is 0.153 e. The summed E-state index contributed by atoms with van der Waals surface area (Å²) in [6.45, 7) is 2.24. The molecule has 0 unspecified atom stereocenters. The number of phenols is 1. The van der Waals surface area contributed by atoms with Crippen LogP contribution in [0.25, 0.3) is 0 Å². The quantitative estimate of drug-likeness (QED) is 0.870. The molecule has 0 aliphatic rings. The molecular weight excluding hydrogens is 308 g/mol. The van der Waals surface area contributed by atoms with Crippen LogP contribution in [0, 0.1) is 6.92 Å². The zero-order valence-electron chi connectivity index (χ0n) is 10.4. The van der Waals surface area contributed by atoms with Crippen LogP contribution >= 0.6 is 15.9 Å². The van der Waals surface area contributed by atoms with E-state index in [9.17, 15) is 9.90 Å². The van der Waals surface area contributed by atoms with Crippen LogP contribution < -0.4 is 4.74 Å². The molecule has 0 amide bonds. The van der Waals surface area contributed by atoms with Gasteiger partial charge in [-0.2, -0.15) is 0 Å². The fraction of sp³-hybridized carbons (Fsp3) is 0.133. The van der Waals surface area contributed by atoms with Gasteiger partial charge < -0.3 is 9.84 Å². The second-order valence-electron chi connectivity index (χ2n) is 4.21. The average Bonchev–Trinajstić information content (AvgIpc) is 2.39. The van der Waals surface area contributed by atoms with Crippen LogP contribution in [0.2, 0.25) is 0 Å². The van der Waals surface area contributed by atoms with Crippen molar-refractivity contribution in [3.8, 4) is 11.5 Å². The minimum Gasteiger partial charge on any atom is -0.508 e. The number of hydrogen-bond donors (Lipinski definition) is 1. The van der Waals surface area contributed by atoms with Crippen molar-refractivity contribution < 1.29 is 14.6 Å². The Balaban J connectivity index is 2.19. The molecule has 4 heteroatoms. The van der Waals surface area contributed by atoms with Crippen LogP contribution in [0.1, 0.15) is 21.5 Å². The van der Waals surface area contributed by atoms with E-state index in [-0.39, 0.29) is 5.75 Å². The topological polar surface area (TPSA) is 46.5 Å². The molecule has 3 nitrogen and oxygen atoms in total. The second-order valence-corrected chi connectivity index (χ2v) is 5.13. The van der Waals surface area contributed by atoms with Gasteiger partial charge in [0.25, 0.3) is 0 Å². The Kier molecular flexibility index (Phi) is 4.22. The Morgan fingerprint density at radius 2 is 1.95 bits per heavy atom. The van der Waals surface area contributed by atoms with Gasteiger partial charge in [0.05, 0.1) is 5.56 Å². The Bertz CT molecular complexity index is 591. The molecule has 0 saturated heterocycles. The van der Waals surface area contributed by atoms with Gasteiger partial charge in [-0.1, -0.05) is 28.1 Å². The summed E-state index contributed by atoms with van der Waals surface area (Å²) in [7, 11) is 0. The van der Waals surface area contributed by atoms with Crippen molar-refractivity contribution in [1.82, 2.24) is 0 Å². The number of aryl methyl sites for hydroxylation is 1. The average molecular weight is 321 g/mol. The Hall–Kier alpha value is -1.81. The van der Waals surface area contributed by atoms with Crippen molar-refractivity contribution in [2.45, 2.75) is 13.5 Å². The van der Waals surface area contributed by atoms with Crippen molar-refractivity contribution >= 4 is 22.2 Å². The molecule has 0 spiro atoms. The lowest BCUT2D eigenvalue weighted by molar-refractivity contribution is 0.111. The molecule has 98 valence electrons. The molecule has 1 N–H and O–H groups in total. The lowest BCUT2D eigenvalue weighted by atomic mass is 10.1. The van der Waals surface area contributed by atoms with E-state index in [0.29, 0.717) is 17.9 Å². The fourth-order valence-electron chi connectivity index (χ4n) is 1.79. The Morgan fingerprint density at radius 3 is 2.58 bits per heavy atom. The van der Waals surface area contributed by atoms with Gasteiger partial charge in [-0.3, -0.25) is 4.79 Å². The first-order chi connectivity index (χ1) is 9.10. The summed E-state index contributed by atoms with van der Waals surface area (Å²) in [5, 5.41) is 9.21. The molecule has 0 saturated carbocycles. The first-order valence-electron chi connectivity index (χ1n) is 5.76. The third kappa shape index (κ3) is 3.35. The summed E-state index contributed by atoms with van der Waals surface area (Å²) in [5.74, 6) is 0.809. The van der Waals surface area contributed by atoms with Gasteiger partial charge in [-0.05, 0) is 42.3 Å². The van der Waals surface area contributed by atoms with E-state index in [1.807, 2.05) is 13.0 Å². The Labute approximate surface area is 120 Å². The largest absolute Gasteiger partial charge is 0.508 e. The zero-order valence-corrected chi connectivity index (χ0v) is 12.0. The lowest BCUT2D eigenvalue weighted by Gasteiger charge is -2.12. The van der Waals surface area contributed by atoms with Gasteiger partial charge in [-0.25, -0.2) is 0 Å². The number of aldehydes is 1. The minimum atomic E-state index is 0.220. The number of carbonyl (C=O) groups is 1. The lowest BCUT2D eigenvalue weighted by Crippen LogP contribution is -2.00. The molecule has 19 heavy (non-hydrogen) atoms. The minimum absolute atomic E-state index is 0.220. The third-order valence-electron chi connectivity index (χ3n) is 2.71. The van der Waals surface area contributed by atoms with E-state index in [1.54, 1.807) is 30.3 Å². The van der Waals surface area contributed by atoms with Crippen LogP contribution in [0.4, 0.5) is 0 Å². The van der Waals surface area contributed by atoms with E-state index >= 15 is 0 Å². The van der Waals surface area contributed by atoms with Crippen LogP contribution in [0.3, 0.4) is 0 Å². The Morgan fingerprint density at radius 1 is 1.26 bits per heavy atom. The molecule has 0 heterocycles. The maximum absolute atomic E-state index is 11.1. The maximum atomic E-state index is 11.1. The van der Waals surface area contributed by atoms with Crippen molar-refractivity contribution in [2.75, 3.05) is 0 Å². The van der Waals surface area contributed by atoms with Gasteiger partial charge in [0.15, 0.2) is 6.29 Å². The summed E-state index contributed by atoms with van der Waals surface area (Å²) in [6.07, 6.45) is 0.782. The molecule has 0 aliphatic heterocycles. The molecule has 0 fully saturated rings. The number of ether oxygens (including phenoxy) is 1. The number of rotatable bonds is 4. The van der Waals surface area contributed by atoms with E-state index in [2.05, 4.69) is 15.9 Å². The molecule has 0 aliphatic carbocycles. The summed E-state index contributed by atoms with van der Waals surface area (Å²) < 4.78 is 6.56. The van der Waals surface area contributed by atoms with Gasteiger partial charge in [-0.15, -0.1) is 0 Å². The van der Waals surface area contributed by atoms with Crippen LogP contribution in [0.15, 0.2) is 40.9 Å². The standard InChI is InChI=1S/C15H13BrO3/c1-10-6-13(16)7-12(8-17)15(10)19-9-11-2-4-14(18)5-3-11/h2-8,18H,9H2,1H3. The summed E-state index contributed by atoms with van der Waals surface area (Å²) in [6, 6.07) is 10.4. The summed E-state index contributed by atoms with van der Waals surface area (Å²) >= 11 is 3.35. The van der Waals surface area contributed by atoms with E-state index < -0.39 is 0 Å². The number of benzene rings is 2. The van der Waals surface area contributed by atoms with Crippen molar-refractivity contribution in [3.63, 3.8) is 0 Å². The highest BCUT2D eigenvalue weighted by Gasteiger charge is 2.08. The normalized spacial score (nSPS) is 10.2. The molecule has 0 atom stereocenters. The van der Waals surface area contributed by atoms with Crippen molar-refractivity contribution in [3.05, 3.63) is 57.6 Å². The first kappa shape index (κ1) is 13.6. The van der Waals surface area contributed by atoms with E-state index in [4.69, 9.17) is 4.74 Å². The van der Waals surface area contributed by atoms with Crippen molar-refractivity contribution in [2.24, 2.45) is 0 Å². The molecule has 0 bridgehead atoms. The predicted molar refractivity (Wildman–Crippen MR) is 76.7 cm³/mol. The van der Waals surface area contributed by atoms with Crippen molar-refractivity contribution in [1.29, 1.82) is 0 Å². The predicted octanol–water partition coefficient (Wildman–Crippen LogP) is 3.85. The SMILES string of the molecule is Cc1cc(Br)cc(C=O)c1OCc1ccc(O)cc1. The van der Waals surface area contributed by atoms with Gasteiger partial charge in [0.1, 0.15) is 18.1 Å². The number of carbonyl (C=O) groups excluding carboxylic acids is 1. The van der Waals surface area contributed by atoms with Crippen LogP contribution in [-0.4, -0.2) is 11.4 Å². The van der Waals surface area contributed by atoms with Crippen LogP contribution in [-0.2, 0) is 6.61 Å². The number of aromatic hydroxyl groups is 1. The smallest absolute Gasteiger partial charge is 0.153 e. The van der Waals surface area contributed by atoms with E-state index in [0.717, 1.165) is 21.9 Å². The zero-order chi connectivity index (χ0) is 13.8. The van der Waals surface area contributed by atoms with E-state index in [1.165, 1.54) is 0 Å². The van der Waals surface area contributed by atoms with Gasteiger partial charge in [0, 0.05) is 4.47 Å². The molecule has 2 aromatic carbocycles. The highest BCUT2D eigenvalue weighted by atomic mass is 79.9. The third-order valence-corrected chi connectivity index (χ3v) is 3.17. The number of halogens is 1. The monoisotopic (exact) mass is 320 g/mol. The number of phenolic OH excluding ortho intramolecular Hbond substituents is 1. The fourth-order valence-corrected chi connectivity index (χ4v) is 2.38. The number of hydrogen-bond acceptors (Lipinski definition) is 3. The highest BCUT2D eigenvalue weighted by Crippen LogP contribution is 2.27. The van der Waals surface area contributed by atoms with Gasteiger partial charge in [0.2, 0.25) is 0 Å². The summed E-state index contributed by atoms with van der Waals surface area (Å²) in [4.78, 5) is 11.1. The molecule has 0 aromatic heterocycles.